The average molecular weight is 290 g/mol. The predicted molar refractivity (Wildman–Crippen MR) is 78.2 cm³/mol. The summed E-state index contributed by atoms with van der Waals surface area (Å²) < 4.78 is 5.74. The van der Waals surface area contributed by atoms with Gasteiger partial charge in [-0.25, -0.2) is 9.97 Å². The maximum Gasteiger partial charge on any atom is 0.145 e. The third kappa shape index (κ3) is 2.62. The van der Waals surface area contributed by atoms with E-state index in [1.165, 1.54) is 5.56 Å². The van der Waals surface area contributed by atoms with Crippen LogP contribution in [0.5, 0.6) is 5.75 Å². The van der Waals surface area contributed by atoms with Crippen LogP contribution in [-0.4, -0.2) is 23.6 Å². The minimum atomic E-state index is 0.0444. The highest BCUT2D eigenvalue weighted by molar-refractivity contribution is 6.30. The number of ether oxygens (including phenoxy) is 1. The van der Waals surface area contributed by atoms with Gasteiger partial charge in [0.1, 0.15) is 11.6 Å². The van der Waals surface area contributed by atoms with Gasteiger partial charge in [0, 0.05) is 23.8 Å². The lowest BCUT2D eigenvalue weighted by molar-refractivity contribution is 0.351. The molecule has 2 aromatic rings. The summed E-state index contributed by atoms with van der Waals surface area (Å²) in [6.45, 7) is 0.731. The first-order chi connectivity index (χ1) is 9.78. The Morgan fingerprint density at radius 3 is 2.90 bits per heavy atom. The molecule has 0 fully saturated rings. The van der Waals surface area contributed by atoms with Crippen LogP contribution in [0.25, 0.3) is 0 Å². The highest BCUT2D eigenvalue weighted by Gasteiger charge is 2.21. The monoisotopic (exact) mass is 289 g/mol. The third-order valence-corrected chi connectivity index (χ3v) is 3.71. The van der Waals surface area contributed by atoms with Crippen LogP contribution >= 0.6 is 11.6 Å². The zero-order valence-electron chi connectivity index (χ0n) is 11.3. The van der Waals surface area contributed by atoms with Gasteiger partial charge in [-0.2, -0.15) is 0 Å². The molecule has 3 rings (SSSR count). The number of hydrogen-bond acceptors (Lipinski definition) is 4. The minimum Gasteiger partial charge on any atom is -0.493 e. The molecule has 1 aliphatic heterocycles. The van der Waals surface area contributed by atoms with E-state index < -0.39 is 0 Å². The van der Waals surface area contributed by atoms with Crippen LogP contribution in [-0.2, 0) is 12.8 Å². The van der Waals surface area contributed by atoms with Gasteiger partial charge in [-0.15, -0.1) is 0 Å². The quantitative estimate of drug-likeness (QED) is 0.940. The maximum absolute atomic E-state index is 6.19. The second-order valence-corrected chi connectivity index (χ2v) is 5.24. The number of fused-ring (bicyclic) bond motifs is 1. The van der Waals surface area contributed by atoms with Crippen molar-refractivity contribution in [3.8, 4) is 5.75 Å². The van der Waals surface area contributed by atoms with E-state index in [9.17, 15) is 0 Å². The molecule has 104 valence electrons. The van der Waals surface area contributed by atoms with E-state index in [1.54, 1.807) is 12.4 Å². The Labute approximate surface area is 123 Å². The van der Waals surface area contributed by atoms with Crippen molar-refractivity contribution in [2.75, 3.05) is 13.7 Å². The van der Waals surface area contributed by atoms with Gasteiger partial charge in [0.25, 0.3) is 0 Å². The van der Waals surface area contributed by atoms with E-state index in [1.807, 2.05) is 25.2 Å². The number of hydrogen-bond donors (Lipinski definition) is 1. The molecule has 0 saturated carbocycles. The number of aromatic nitrogens is 2. The van der Waals surface area contributed by atoms with Crippen molar-refractivity contribution in [2.45, 2.75) is 18.9 Å². The highest BCUT2D eigenvalue weighted by atomic mass is 35.5. The van der Waals surface area contributed by atoms with Crippen molar-refractivity contribution in [1.29, 1.82) is 0 Å². The number of benzene rings is 1. The first-order valence-corrected chi connectivity index (χ1v) is 7.04. The van der Waals surface area contributed by atoms with Crippen LogP contribution in [0.15, 0.2) is 30.6 Å². The fourth-order valence-corrected chi connectivity index (χ4v) is 2.79. The Morgan fingerprint density at radius 2 is 2.15 bits per heavy atom. The number of halogens is 1. The summed E-state index contributed by atoms with van der Waals surface area (Å²) in [6.07, 6.45) is 5.19. The van der Waals surface area contributed by atoms with E-state index in [0.29, 0.717) is 0 Å². The zero-order valence-corrected chi connectivity index (χ0v) is 12.0. The molecule has 1 aromatic heterocycles. The average Bonchev–Trinajstić information content (AvgIpc) is 2.93. The first kappa shape index (κ1) is 13.3. The lowest BCUT2D eigenvalue weighted by atomic mass is 10.0. The third-order valence-electron chi connectivity index (χ3n) is 3.50. The summed E-state index contributed by atoms with van der Waals surface area (Å²) in [5.74, 6) is 1.76. The predicted octanol–water partition coefficient (Wildman–Crippen LogP) is 2.57. The molecular formula is C15H16ClN3O. The molecule has 1 aromatic carbocycles. The second-order valence-electron chi connectivity index (χ2n) is 4.80. The molecule has 1 aliphatic rings. The van der Waals surface area contributed by atoms with Gasteiger partial charge in [0.05, 0.1) is 12.6 Å². The van der Waals surface area contributed by atoms with Crippen LogP contribution in [0.4, 0.5) is 0 Å². The maximum atomic E-state index is 6.19. The molecule has 4 nitrogen and oxygen atoms in total. The summed E-state index contributed by atoms with van der Waals surface area (Å²) in [6, 6.07) is 5.82. The summed E-state index contributed by atoms with van der Waals surface area (Å²) in [5.41, 5.74) is 2.30. The molecule has 0 bridgehead atoms. The summed E-state index contributed by atoms with van der Waals surface area (Å²) >= 11 is 6.19. The second kappa shape index (κ2) is 5.77. The summed E-state index contributed by atoms with van der Waals surface area (Å²) in [5, 5.41) is 4.01. The fourth-order valence-electron chi connectivity index (χ4n) is 2.53. The van der Waals surface area contributed by atoms with Gasteiger partial charge < -0.3 is 10.1 Å². The topological polar surface area (TPSA) is 47.0 Å². The number of likely N-dealkylation sites (N-methyl/N-ethyl adjacent to an activating group) is 1. The molecule has 0 spiro atoms. The van der Waals surface area contributed by atoms with Gasteiger partial charge in [-0.1, -0.05) is 11.6 Å². The van der Waals surface area contributed by atoms with Gasteiger partial charge >= 0.3 is 0 Å². The molecule has 0 amide bonds. The van der Waals surface area contributed by atoms with Crippen molar-refractivity contribution in [2.24, 2.45) is 0 Å². The van der Waals surface area contributed by atoms with Gasteiger partial charge in [0.15, 0.2) is 0 Å². The van der Waals surface area contributed by atoms with Crippen LogP contribution in [0, 0.1) is 0 Å². The van der Waals surface area contributed by atoms with E-state index in [0.717, 1.165) is 41.6 Å². The van der Waals surface area contributed by atoms with Crippen molar-refractivity contribution in [3.05, 3.63) is 52.6 Å². The van der Waals surface area contributed by atoms with Crippen LogP contribution in [0.1, 0.15) is 23.0 Å². The Morgan fingerprint density at radius 1 is 1.35 bits per heavy atom. The number of nitrogens with zero attached hydrogens (tertiary/aromatic N) is 2. The van der Waals surface area contributed by atoms with Gasteiger partial charge in [-0.3, -0.25) is 0 Å². The smallest absolute Gasteiger partial charge is 0.145 e. The number of rotatable bonds is 4. The minimum absolute atomic E-state index is 0.0444. The van der Waals surface area contributed by atoms with E-state index in [2.05, 4.69) is 15.3 Å². The van der Waals surface area contributed by atoms with Crippen molar-refractivity contribution in [3.63, 3.8) is 0 Å². The molecule has 0 aliphatic carbocycles. The van der Waals surface area contributed by atoms with Crippen molar-refractivity contribution < 1.29 is 4.74 Å². The van der Waals surface area contributed by atoms with Crippen LogP contribution in [0.3, 0.4) is 0 Å². The van der Waals surface area contributed by atoms with Gasteiger partial charge in [-0.05, 0) is 42.8 Å². The Balaban J connectivity index is 1.91. The molecule has 0 saturated heterocycles. The lowest BCUT2D eigenvalue weighted by Gasteiger charge is -2.16. The Bertz CT molecular complexity index is 604. The fraction of sp³-hybridized carbons (Fsp3) is 0.333. The molecule has 1 N–H and O–H groups in total. The van der Waals surface area contributed by atoms with Crippen LogP contribution < -0.4 is 10.1 Å². The SMILES string of the molecule is CNC(Cc1cc(Cl)cc2c1OCC2)c1ncccn1. The molecular weight excluding hydrogens is 274 g/mol. The number of nitrogens with one attached hydrogen (secondary N) is 1. The van der Waals surface area contributed by atoms with Crippen LogP contribution in [0.2, 0.25) is 5.02 Å². The van der Waals surface area contributed by atoms with E-state index in [4.69, 9.17) is 16.3 Å². The highest BCUT2D eigenvalue weighted by Crippen LogP contribution is 2.34. The lowest BCUT2D eigenvalue weighted by Crippen LogP contribution is -2.21. The van der Waals surface area contributed by atoms with Crippen molar-refractivity contribution in [1.82, 2.24) is 15.3 Å². The molecule has 20 heavy (non-hydrogen) atoms. The Kier molecular flexibility index (Phi) is 3.85. The summed E-state index contributed by atoms with van der Waals surface area (Å²) in [4.78, 5) is 8.63. The molecule has 0 radical (unpaired) electrons. The Hall–Kier alpha value is -1.65. The molecule has 1 unspecified atom stereocenters. The van der Waals surface area contributed by atoms with E-state index >= 15 is 0 Å². The van der Waals surface area contributed by atoms with Gasteiger partial charge in [0.2, 0.25) is 0 Å². The standard InChI is InChI=1S/C15H16ClN3O/c1-17-13(15-18-4-2-5-19-15)9-11-8-12(16)7-10-3-6-20-14(10)11/h2,4-5,7-8,13,17H,3,6,9H2,1H3. The first-order valence-electron chi connectivity index (χ1n) is 6.66. The largest absolute Gasteiger partial charge is 0.493 e. The molecule has 1 atom stereocenters. The molecule has 2 heterocycles. The van der Waals surface area contributed by atoms with Crippen molar-refractivity contribution >= 4 is 11.6 Å². The zero-order chi connectivity index (χ0) is 13.9. The van der Waals surface area contributed by atoms with E-state index in [-0.39, 0.29) is 6.04 Å². The summed E-state index contributed by atoms with van der Waals surface area (Å²) in [7, 11) is 1.91. The molecule has 5 heteroatoms. The normalized spacial score (nSPS) is 14.7.